The van der Waals surface area contributed by atoms with Crippen LogP contribution in [0.3, 0.4) is 0 Å². The number of amides is 1. The van der Waals surface area contributed by atoms with Crippen molar-refractivity contribution in [3.63, 3.8) is 0 Å². The standard InChI is InChI=1S/C19H21FN2O/c1-22(2)17-11-9-16(10-12-17)21-19(23)18(13-3-4-13)14-5-7-15(20)8-6-14/h5-13,18H,3-4H2,1-2H3,(H,21,23). The van der Waals surface area contributed by atoms with Crippen LogP contribution in [-0.4, -0.2) is 20.0 Å². The van der Waals surface area contributed by atoms with Gasteiger partial charge in [0, 0.05) is 25.5 Å². The number of halogens is 1. The molecule has 0 spiro atoms. The summed E-state index contributed by atoms with van der Waals surface area (Å²) in [7, 11) is 3.95. The first-order chi connectivity index (χ1) is 11.0. The molecule has 4 heteroatoms. The van der Waals surface area contributed by atoms with Gasteiger partial charge >= 0.3 is 0 Å². The van der Waals surface area contributed by atoms with E-state index < -0.39 is 0 Å². The van der Waals surface area contributed by atoms with Gasteiger partial charge in [0.15, 0.2) is 0 Å². The van der Waals surface area contributed by atoms with Crippen LogP contribution in [0.4, 0.5) is 15.8 Å². The molecule has 0 radical (unpaired) electrons. The summed E-state index contributed by atoms with van der Waals surface area (Å²) in [5, 5.41) is 2.99. The van der Waals surface area contributed by atoms with Gasteiger partial charge in [-0.25, -0.2) is 4.39 Å². The predicted octanol–water partition coefficient (Wildman–Crippen LogP) is 4.02. The maximum absolute atomic E-state index is 13.1. The third-order valence-electron chi connectivity index (χ3n) is 4.26. The van der Waals surface area contributed by atoms with E-state index in [2.05, 4.69) is 5.32 Å². The Bertz CT molecular complexity index is 676. The van der Waals surface area contributed by atoms with Crippen LogP contribution in [0.2, 0.25) is 0 Å². The largest absolute Gasteiger partial charge is 0.378 e. The second-order valence-corrected chi connectivity index (χ2v) is 6.30. The van der Waals surface area contributed by atoms with Gasteiger partial charge in [-0.1, -0.05) is 12.1 Å². The number of benzene rings is 2. The number of carbonyl (C=O) groups excluding carboxylic acids is 1. The summed E-state index contributed by atoms with van der Waals surface area (Å²) >= 11 is 0. The van der Waals surface area contributed by atoms with Crippen LogP contribution in [-0.2, 0) is 4.79 Å². The van der Waals surface area contributed by atoms with Gasteiger partial charge < -0.3 is 10.2 Å². The zero-order valence-corrected chi connectivity index (χ0v) is 13.4. The van der Waals surface area contributed by atoms with E-state index in [1.807, 2.05) is 43.3 Å². The highest BCUT2D eigenvalue weighted by Crippen LogP contribution is 2.43. The van der Waals surface area contributed by atoms with Gasteiger partial charge in [-0.15, -0.1) is 0 Å². The van der Waals surface area contributed by atoms with Gasteiger partial charge in [-0.05, 0) is 60.7 Å². The van der Waals surface area contributed by atoms with Gasteiger partial charge in [0.05, 0.1) is 5.92 Å². The third-order valence-corrected chi connectivity index (χ3v) is 4.26. The number of nitrogens with one attached hydrogen (secondary N) is 1. The van der Waals surface area contributed by atoms with Crippen molar-refractivity contribution in [3.05, 3.63) is 59.9 Å². The van der Waals surface area contributed by atoms with E-state index in [9.17, 15) is 9.18 Å². The van der Waals surface area contributed by atoms with Crippen molar-refractivity contribution >= 4 is 17.3 Å². The van der Waals surface area contributed by atoms with E-state index in [0.29, 0.717) is 5.92 Å². The van der Waals surface area contributed by atoms with Crippen LogP contribution in [0.15, 0.2) is 48.5 Å². The maximum atomic E-state index is 13.1. The highest BCUT2D eigenvalue weighted by Gasteiger charge is 2.37. The van der Waals surface area contributed by atoms with Crippen molar-refractivity contribution in [2.24, 2.45) is 5.92 Å². The smallest absolute Gasteiger partial charge is 0.232 e. The van der Waals surface area contributed by atoms with Crippen molar-refractivity contribution in [2.75, 3.05) is 24.3 Å². The summed E-state index contributed by atoms with van der Waals surface area (Å²) in [5.41, 5.74) is 2.75. The lowest BCUT2D eigenvalue weighted by Gasteiger charge is -2.18. The number of carbonyl (C=O) groups is 1. The molecule has 1 amide bonds. The van der Waals surface area contributed by atoms with E-state index >= 15 is 0 Å². The molecule has 3 nitrogen and oxygen atoms in total. The van der Waals surface area contributed by atoms with E-state index in [-0.39, 0.29) is 17.6 Å². The Hall–Kier alpha value is -2.36. The van der Waals surface area contributed by atoms with Crippen molar-refractivity contribution < 1.29 is 9.18 Å². The molecule has 0 heterocycles. The maximum Gasteiger partial charge on any atom is 0.232 e. The molecule has 1 atom stereocenters. The van der Waals surface area contributed by atoms with Gasteiger partial charge in [-0.2, -0.15) is 0 Å². The molecule has 23 heavy (non-hydrogen) atoms. The molecule has 1 unspecified atom stereocenters. The SMILES string of the molecule is CN(C)c1ccc(NC(=O)C(c2ccc(F)cc2)C2CC2)cc1. The fourth-order valence-electron chi connectivity index (χ4n) is 2.80. The zero-order valence-electron chi connectivity index (χ0n) is 13.4. The third kappa shape index (κ3) is 3.70. The monoisotopic (exact) mass is 312 g/mol. The molecule has 1 saturated carbocycles. The first-order valence-corrected chi connectivity index (χ1v) is 7.88. The summed E-state index contributed by atoms with van der Waals surface area (Å²) in [5.74, 6) is -0.134. The number of hydrogen-bond donors (Lipinski definition) is 1. The van der Waals surface area contributed by atoms with Crippen molar-refractivity contribution in [2.45, 2.75) is 18.8 Å². The molecule has 2 aromatic carbocycles. The van der Waals surface area contributed by atoms with E-state index in [4.69, 9.17) is 0 Å². The van der Waals surface area contributed by atoms with Gasteiger partial charge in [-0.3, -0.25) is 4.79 Å². The minimum absolute atomic E-state index is 0.0169. The fraction of sp³-hybridized carbons (Fsp3) is 0.316. The summed E-state index contributed by atoms with van der Waals surface area (Å²) < 4.78 is 13.1. The van der Waals surface area contributed by atoms with E-state index in [0.717, 1.165) is 29.8 Å². The van der Waals surface area contributed by atoms with Crippen molar-refractivity contribution in [1.82, 2.24) is 0 Å². The van der Waals surface area contributed by atoms with Crippen LogP contribution in [0, 0.1) is 11.7 Å². The Morgan fingerprint density at radius 3 is 2.22 bits per heavy atom. The molecular formula is C19H21FN2O. The summed E-state index contributed by atoms with van der Waals surface area (Å²) in [4.78, 5) is 14.7. The predicted molar refractivity (Wildman–Crippen MR) is 91.3 cm³/mol. The van der Waals surface area contributed by atoms with Crippen LogP contribution in [0.5, 0.6) is 0 Å². The Kier molecular flexibility index (Phi) is 4.33. The average Bonchev–Trinajstić information content (AvgIpc) is 3.35. The zero-order chi connectivity index (χ0) is 16.4. The lowest BCUT2D eigenvalue weighted by molar-refractivity contribution is -0.118. The molecule has 0 aliphatic heterocycles. The second-order valence-electron chi connectivity index (χ2n) is 6.30. The van der Waals surface area contributed by atoms with Crippen molar-refractivity contribution in [1.29, 1.82) is 0 Å². The molecule has 0 aromatic heterocycles. The molecule has 0 saturated heterocycles. The summed E-state index contributed by atoms with van der Waals surface area (Å²) in [6, 6.07) is 14.0. The van der Waals surface area contributed by atoms with E-state index in [1.165, 1.54) is 12.1 Å². The molecule has 1 aliphatic carbocycles. The Labute approximate surface area is 136 Å². The van der Waals surface area contributed by atoms with E-state index in [1.54, 1.807) is 12.1 Å². The molecule has 120 valence electrons. The Morgan fingerprint density at radius 2 is 1.70 bits per heavy atom. The van der Waals surface area contributed by atoms with Crippen molar-refractivity contribution in [3.8, 4) is 0 Å². The molecule has 3 rings (SSSR count). The van der Waals surface area contributed by atoms with Gasteiger partial charge in [0.25, 0.3) is 0 Å². The number of nitrogens with zero attached hydrogens (tertiary/aromatic N) is 1. The molecule has 1 fully saturated rings. The summed E-state index contributed by atoms with van der Waals surface area (Å²) in [6.45, 7) is 0. The summed E-state index contributed by atoms with van der Waals surface area (Å²) in [6.07, 6.45) is 2.10. The minimum Gasteiger partial charge on any atom is -0.378 e. The lowest BCUT2D eigenvalue weighted by atomic mass is 9.93. The van der Waals surface area contributed by atoms with Crippen LogP contribution in [0.25, 0.3) is 0 Å². The molecule has 1 N–H and O–H groups in total. The molecule has 1 aliphatic rings. The minimum atomic E-state index is -0.275. The van der Waals surface area contributed by atoms with Crippen LogP contribution < -0.4 is 10.2 Å². The fourth-order valence-corrected chi connectivity index (χ4v) is 2.80. The first kappa shape index (κ1) is 15.5. The normalized spacial score (nSPS) is 15.1. The molecular weight excluding hydrogens is 291 g/mol. The van der Waals surface area contributed by atoms with Gasteiger partial charge in [0.2, 0.25) is 5.91 Å². The average molecular weight is 312 g/mol. The number of rotatable bonds is 5. The molecule has 0 bridgehead atoms. The number of hydrogen-bond acceptors (Lipinski definition) is 2. The second kappa shape index (κ2) is 6.41. The first-order valence-electron chi connectivity index (χ1n) is 7.88. The molecule has 2 aromatic rings. The Morgan fingerprint density at radius 1 is 1.09 bits per heavy atom. The quantitative estimate of drug-likeness (QED) is 0.904. The highest BCUT2D eigenvalue weighted by atomic mass is 19.1. The van der Waals surface area contributed by atoms with Gasteiger partial charge in [0.1, 0.15) is 5.82 Å². The number of anilines is 2. The lowest BCUT2D eigenvalue weighted by Crippen LogP contribution is -2.22. The highest BCUT2D eigenvalue weighted by molar-refractivity contribution is 5.96. The topological polar surface area (TPSA) is 32.3 Å². The Balaban J connectivity index is 1.75. The van der Waals surface area contributed by atoms with Crippen LogP contribution in [0.1, 0.15) is 24.3 Å². The van der Waals surface area contributed by atoms with Crippen LogP contribution >= 0.6 is 0 Å².